The second-order valence-corrected chi connectivity index (χ2v) is 10.8. The molecule has 6 heteroatoms. The number of amides is 1. The Balaban J connectivity index is 1.34. The summed E-state index contributed by atoms with van der Waals surface area (Å²) in [6.45, 7) is 10.6. The number of carbonyl (C=O) groups is 1. The minimum atomic E-state index is -0.0661. The van der Waals surface area contributed by atoms with Gasteiger partial charge in [-0.1, -0.05) is 42.5 Å². The summed E-state index contributed by atoms with van der Waals surface area (Å²) >= 11 is 0. The second-order valence-electron chi connectivity index (χ2n) is 10.8. The van der Waals surface area contributed by atoms with Gasteiger partial charge in [0.1, 0.15) is 5.75 Å². The van der Waals surface area contributed by atoms with Crippen molar-refractivity contribution < 1.29 is 14.3 Å². The number of hydrogen-bond donors (Lipinski definition) is 1. The predicted molar refractivity (Wildman–Crippen MR) is 168 cm³/mol. The third-order valence-corrected chi connectivity index (χ3v) is 7.95. The van der Waals surface area contributed by atoms with Gasteiger partial charge >= 0.3 is 0 Å². The standard InChI is InChI=1S/C35H41N3O3/c1-4-19-38-20-16-28(24-29-23-27(12-15-33(29)38)32-8-6-7-9-34(32)41-5-2)35(39)36-30-13-10-26(11-14-30)25-37(3)31-17-21-40-22-18-31/h4,6-15,23-24,31H,1,5,16-22,25H2,2-3H3,(H,36,39). The molecule has 3 aromatic rings. The summed E-state index contributed by atoms with van der Waals surface area (Å²) in [5.74, 6) is 0.791. The maximum absolute atomic E-state index is 13.5. The Kier molecular flexibility index (Phi) is 9.55. The van der Waals surface area contributed by atoms with Gasteiger partial charge in [0.05, 0.1) is 6.61 Å². The summed E-state index contributed by atoms with van der Waals surface area (Å²) in [5, 5.41) is 3.14. The zero-order valence-electron chi connectivity index (χ0n) is 24.3. The van der Waals surface area contributed by atoms with Gasteiger partial charge in [0, 0.05) is 61.4 Å². The minimum Gasteiger partial charge on any atom is -0.493 e. The molecule has 0 bridgehead atoms. The highest BCUT2D eigenvalue weighted by atomic mass is 16.5. The first-order valence-electron chi connectivity index (χ1n) is 14.7. The lowest BCUT2D eigenvalue weighted by Crippen LogP contribution is -2.36. The Morgan fingerprint density at radius 3 is 2.66 bits per heavy atom. The van der Waals surface area contributed by atoms with Crippen LogP contribution in [-0.2, 0) is 16.1 Å². The Bertz CT molecular complexity index is 1380. The number of carbonyl (C=O) groups excluding carboxylic acids is 1. The number of hydrogen-bond acceptors (Lipinski definition) is 5. The molecule has 1 amide bonds. The van der Waals surface area contributed by atoms with E-state index in [2.05, 4.69) is 65.1 Å². The summed E-state index contributed by atoms with van der Waals surface area (Å²) in [4.78, 5) is 18.2. The lowest BCUT2D eigenvalue weighted by atomic mass is 9.99. The van der Waals surface area contributed by atoms with Gasteiger partial charge < -0.3 is 19.7 Å². The number of benzene rings is 3. The minimum absolute atomic E-state index is 0.0661. The molecule has 5 rings (SSSR count). The van der Waals surface area contributed by atoms with Gasteiger partial charge in [0.15, 0.2) is 0 Å². The summed E-state index contributed by atoms with van der Waals surface area (Å²) in [6.07, 6.45) is 6.75. The highest BCUT2D eigenvalue weighted by molar-refractivity contribution is 6.07. The Hall–Kier alpha value is -3.87. The van der Waals surface area contributed by atoms with Crippen LogP contribution in [0.4, 0.5) is 11.4 Å². The molecule has 0 unspecified atom stereocenters. The molecule has 214 valence electrons. The van der Waals surface area contributed by atoms with Crippen LogP contribution in [-0.4, -0.2) is 56.8 Å². The number of nitrogens with one attached hydrogen (secondary N) is 1. The molecule has 1 fully saturated rings. The van der Waals surface area contributed by atoms with Gasteiger partial charge in [-0.2, -0.15) is 0 Å². The van der Waals surface area contributed by atoms with Crippen molar-refractivity contribution in [1.82, 2.24) is 4.90 Å². The fourth-order valence-electron chi connectivity index (χ4n) is 5.72. The number of para-hydroxylation sites is 1. The van der Waals surface area contributed by atoms with E-state index in [1.165, 1.54) is 5.56 Å². The molecule has 0 aromatic heterocycles. The third-order valence-electron chi connectivity index (χ3n) is 7.95. The van der Waals surface area contributed by atoms with Crippen molar-refractivity contribution in [2.45, 2.75) is 38.8 Å². The summed E-state index contributed by atoms with van der Waals surface area (Å²) in [6, 6.07) is 23.3. The molecule has 0 saturated carbocycles. The molecule has 6 nitrogen and oxygen atoms in total. The SMILES string of the molecule is C=CCN1CCC(C(=O)Nc2ccc(CN(C)C3CCOCC3)cc2)=Cc2cc(-c3ccccc3OCC)ccc21. The zero-order valence-corrected chi connectivity index (χ0v) is 24.3. The summed E-state index contributed by atoms with van der Waals surface area (Å²) in [7, 11) is 2.18. The fraction of sp³-hybridized carbons (Fsp3) is 0.343. The van der Waals surface area contributed by atoms with Gasteiger partial charge in [-0.25, -0.2) is 0 Å². The van der Waals surface area contributed by atoms with Crippen molar-refractivity contribution in [3.05, 3.63) is 96.1 Å². The summed E-state index contributed by atoms with van der Waals surface area (Å²) in [5.41, 5.74) is 7.02. The molecule has 2 heterocycles. The molecule has 1 saturated heterocycles. The maximum atomic E-state index is 13.5. The predicted octanol–water partition coefficient (Wildman–Crippen LogP) is 6.78. The van der Waals surface area contributed by atoms with Gasteiger partial charge in [0.25, 0.3) is 5.91 Å². The van der Waals surface area contributed by atoms with Crippen molar-refractivity contribution in [3.63, 3.8) is 0 Å². The van der Waals surface area contributed by atoms with Crippen LogP contribution in [0, 0.1) is 0 Å². The smallest absolute Gasteiger partial charge is 0.251 e. The maximum Gasteiger partial charge on any atom is 0.251 e. The van der Waals surface area contributed by atoms with E-state index in [0.29, 0.717) is 25.6 Å². The molecule has 0 spiro atoms. The zero-order chi connectivity index (χ0) is 28.6. The molecular weight excluding hydrogens is 510 g/mol. The lowest BCUT2D eigenvalue weighted by Gasteiger charge is -2.31. The molecular formula is C35H41N3O3. The lowest BCUT2D eigenvalue weighted by molar-refractivity contribution is -0.112. The van der Waals surface area contributed by atoms with Crippen molar-refractivity contribution in [1.29, 1.82) is 0 Å². The molecule has 2 aliphatic heterocycles. The van der Waals surface area contributed by atoms with Gasteiger partial charge in [-0.05, 0) is 86.3 Å². The van der Waals surface area contributed by atoms with Crippen molar-refractivity contribution in [2.75, 3.05) is 50.2 Å². The number of fused-ring (bicyclic) bond motifs is 1. The van der Waals surface area contributed by atoms with Crippen LogP contribution >= 0.6 is 0 Å². The van der Waals surface area contributed by atoms with Crippen molar-refractivity contribution in [3.8, 4) is 16.9 Å². The van der Waals surface area contributed by atoms with Crippen molar-refractivity contribution in [2.24, 2.45) is 0 Å². The van der Waals surface area contributed by atoms with E-state index in [1.54, 1.807) is 0 Å². The normalized spacial score (nSPS) is 15.6. The van der Waals surface area contributed by atoms with E-state index in [1.807, 2.05) is 49.4 Å². The number of rotatable bonds is 10. The summed E-state index contributed by atoms with van der Waals surface area (Å²) < 4.78 is 11.4. The van der Waals surface area contributed by atoms with Crippen LogP contribution in [0.3, 0.4) is 0 Å². The first kappa shape index (κ1) is 28.7. The van der Waals surface area contributed by atoms with Crippen LogP contribution in [0.1, 0.15) is 37.3 Å². The molecule has 41 heavy (non-hydrogen) atoms. The highest BCUT2D eigenvalue weighted by Gasteiger charge is 2.21. The van der Waals surface area contributed by atoms with Crippen LogP contribution in [0.25, 0.3) is 17.2 Å². The largest absolute Gasteiger partial charge is 0.493 e. The molecule has 3 aromatic carbocycles. The van der Waals surface area contributed by atoms with Crippen LogP contribution in [0.15, 0.2) is 85.0 Å². The van der Waals surface area contributed by atoms with Crippen LogP contribution < -0.4 is 15.0 Å². The van der Waals surface area contributed by atoms with Crippen molar-refractivity contribution >= 4 is 23.4 Å². The Labute approximate surface area is 244 Å². The van der Waals surface area contributed by atoms with E-state index >= 15 is 0 Å². The van der Waals surface area contributed by atoms with E-state index in [4.69, 9.17) is 9.47 Å². The first-order chi connectivity index (χ1) is 20.1. The highest BCUT2D eigenvalue weighted by Crippen LogP contribution is 2.36. The Morgan fingerprint density at radius 2 is 1.90 bits per heavy atom. The number of ether oxygens (including phenoxy) is 2. The second kappa shape index (κ2) is 13.7. The Morgan fingerprint density at radius 1 is 1.12 bits per heavy atom. The molecule has 2 aliphatic rings. The molecule has 1 N–H and O–H groups in total. The van der Waals surface area contributed by atoms with E-state index < -0.39 is 0 Å². The van der Waals surface area contributed by atoms with Gasteiger partial charge in [-0.15, -0.1) is 6.58 Å². The average Bonchev–Trinajstić information content (AvgIpc) is 3.18. The van der Waals surface area contributed by atoms with E-state index in [0.717, 1.165) is 78.5 Å². The first-order valence-corrected chi connectivity index (χ1v) is 14.7. The van der Waals surface area contributed by atoms with Crippen LogP contribution in [0.2, 0.25) is 0 Å². The van der Waals surface area contributed by atoms with E-state index in [-0.39, 0.29) is 5.91 Å². The molecule has 0 atom stereocenters. The molecule has 0 aliphatic carbocycles. The van der Waals surface area contributed by atoms with E-state index in [9.17, 15) is 4.79 Å². The molecule has 0 radical (unpaired) electrons. The van der Waals surface area contributed by atoms with Crippen LogP contribution in [0.5, 0.6) is 5.75 Å². The number of nitrogens with zero attached hydrogens (tertiary/aromatic N) is 2. The fourth-order valence-corrected chi connectivity index (χ4v) is 5.72. The average molecular weight is 552 g/mol. The topological polar surface area (TPSA) is 54.0 Å². The monoisotopic (exact) mass is 551 g/mol. The van der Waals surface area contributed by atoms with Gasteiger partial charge in [-0.3, -0.25) is 9.69 Å². The number of anilines is 2. The third kappa shape index (κ3) is 7.07. The quantitative estimate of drug-likeness (QED) is 0.282. The van der Waals surface area contributed by atoms with Gasteiger partial charge in [0.2, 0.25) is 0 Å².